The second-order valence-corrected chi connectivity index (χ2v) is 9.45. The van der Waals surface area contributed by atoms with Crippen LogP contribution in [0.5, 0.6) is 0 Å². The zero-order valence-corrected chi connectivity index (χ0v) is 17.6. The summed E-state index contributed by atoms with van der Waals surface area (Å²) in [5.41, 5.74) is 0.935. The van der Waals surface area contributed by atoms with E-state index in [-0.39, 0.29) is 17.9 Å². The summed E-state index contributed by atoms with van der Waals surface area (Å²) in [6, 6.07) is 0. The van der Waals surface area contributed by atoms with Gasteiger partial charge in [0.25, 0.3) is 10.2 Å². The molecule has 0 N–H and O–H groups in total. The van der Waals surface area contributed by atoms with Crippen molar-refractivity contribution in [1.29, 1.82) is 0 Å². The van der Waals surface area contributed by atoms with Crippen LogP contribution < -0.4 is 0 Å². The molecular formula is C16H28N6O5S. The Morgan fingerprint density at radius 1 is 1.11 bits per heavy atom. The molecule has 0 aromatic carbocycles. The first-order valence-corrected chi connectivity index (χ1v) is 10.8. The molecule has 158 valence electrons. The van der Waals surface area contributed by atoms with Crippen molar-refractivity contribution in [2.75, 3.05) is 39.3 Å². The lowest BCUT2D eigenvalue weighted by molar-refractivity contribution is -0.386. The van der Waals surface area contributed by atoms with E-state index in [0.29, 0.717) is 57.3 Å². The standard InChI is InChI=1S/C16H28N6O5S/c1-12-9-20(10-13(2)27-12)28(25,26)19-7-5-18(6-8-19)11-21-15(4)16(22(23)24)14(3)17-21/h12-13H,5-11H2,1-4H3/t12-,13-/m1/s1. The predicted octanol–water partition coefficient (Wildman–Crippen LogP) is 0.337. The highest BCUT2D eigenvalue weighted by molar-refractivity contribution is 7.86. The molecule has 2 aliphatic heterocycles. The van der Waals surface area contributed by atoms with Crippen LogP contribution in [0.1, 0.15) is 25.2 Å². The number of piperazine rings is 1. The maximum absolute atomic E-state index is 13.0. The Morgan fingerprint density at radius 2 is 1.68 bits per heavy atom. The van der Waals surface area contributed by atoms with Gasteiger partial charge in [0.2, 0.25) is 0 Å². The van der Waals surface area contributed by atoms with E-state index in [4.69, 9.17) is 4.74 Å². The Kier molecular flexibility index (Phi) is 6.05. The number of morpholine rings is 1. The Labute approximate surface area is 165 Å². The van der Waals surface area contributed by atoms with Gasteiger partial charge in [-0.25, -0.2) is 4.68 Å². The molecule has 2 aliphatic rings. The number of rotatable bonds is 5. The average molecular weight is 417 g/mol. The van der Waals surface area contributed by atoms with Gasteiger partial charge in [-0.1, -0.05) is 0 Å². The molecule has 28 heavy (non-hydrogen) atoms. The Bertz CT molecular complexity index is 823. The highest BCUT2D eigenvalue weighted by Crippen LogP contribution is 2.23. The summed E-state index contributed by atoms with van der Waals surface area (Å²) in [5.74, 6) is 0. The van der Waals surface area contributed by atoms with E-state index in [9.17, 15) is 18.5 Å². The summed E-state index contributed by atoms with van der Waals surface area (Å²) in [5, 5.41) is 15.4. The molecule has 0 unspecified atom stereocenters. The number of nitro groups is 1. The Morgan fingerprint density at radius 3 is 2.18 bits per heavy atom. The van der Waals surface area contributed by atoms with E-state index in [0.717, 1.165) is 0 Å². The van der Waals surface area contributed by atoms with Gasteiger partial charge in [0, 0.05) is 39.3 Å². The molecule has 12 heteroatoms. The quantitative estimate of drug-likeness (QED) is 0.502. The molecular weight excluding hydrogens is 388 g/mol. The van der Waals surface area contributed by atoms with Crippen molar-refractivity contribution >= 4 is 15.9 Å². The zero-order valence-electron chi connectivity index (χ0n) is 16.7. The topological polar surface area (TPSA) is 114 Å². The van der Waals surface area contributed by atoms with E-state index in [1.807, 2.05) is 13.8 Å². The van der Waals surface area contributed by atoms with Crippen LogP contribution in [0.2, 0.25) is 0 Å². The molecule has 0 spiro atoms. The summed E-state index contributed by atoms with van der Waals surface area (Å²) >= 11 is 0. The minimum absolute atomic E-state index is 0.0387. The smallest absolute Gasteiger partial charge is 0.312 e. The minimum atomic E-state index is -3.52. The van der Waals surface area contributed by atoms with Gasteiger partial charge in [0.05, 0.1) is 23.8 Å². The number of hydrogen-bond donors (Lipinski definition) is 0. The fraction of sp³-hybridized carbons (Fsp3) is 0.812. The highest BCUT2D eigenvalue weighted by atomic mass is 32.2. The first-order chi connectivity index (χ1) is 13.1. The van der Waals surface area contributed by atoms with Crippen molar-refractivity contribution in [2.45, 2.75) is 46.6 Å². The van der Waals surface area contributed by atoms with Gasteiger partial charge in [-0.2, -0.15) is 22.1 Å². The normalized spacial score (nSPS) is 25.9. The zero-order chi connectivity index (χ0) is 20.6. The molecule has 3 heterocycles. The summed E-state index contributed by atoms with van der Waals surface area (Å²) in [6.07, 6.45) is -0.247. The average Bonchev–Trinajstić information content (AvgIpc) is 2.88. The van der Waals surface area contributed by atoms with E-state index in [1.165, 1.54) is 8.61 Å². The molecule has 1 aromatic rings. The molecule has 2 fully saturated rings. The van der Waals surface area contributed by atoms with Crippen molar-refractivity contribution in [3.8, 4) is 0 Å². The lowest BCUT2D eigenvalue weighted by Crippen LogP contribution is -2.57. The molecule has 0 aliphatic carbocycles. The van der Waals surface area contributed by atoms with Gasteiger partial charge in [-0.3, -0.25) is 15.0 Å². The summed E-state index contributed by atoms with van der Waals surface area (Å²) in [6.45, 7) is 10.0. The maximum Gasteiger partial charge on any atom is 0.312 e. The monoisotopic (exact) mass is 416 g/mol. The van der Waals surface area contributed by atoms with Crippen molar-refractivity contribution in [2.24, 2.45) is 0 Å². The highest BCUT2D eigenvalue weighted by Gasteiger charge is 2.36. The SMILES string of the molecule is Cc1nn(CN2CCN(S(=O)(=O)N3C[C@@H](C)O[C@H](C)C3)CC2)c(C)c1[N+](=O)[O-]. The number of nitrogens with zero attached hydrogens (tertiary/aromatic N) is 6. The Hall–Kier alpha value is -1.60. The van der Waals surface area contributed by atoms with E-state index >= 15 is 0 Å². The van der Waals surface area contributed by atoms with Gasteiger partial charge >= 0.3 is 5.69 Å². The third-order valence-corrected chi connectivity index (χ3v) is 7.20. The number of ether oxygens (including phenoxy) is 1. The van der Waals surface area contributed by atoms with Crippen LogP contribution in [0, 0.1) is 24.0 Å². The van der Waals surface area contributed by atoms with Gasteiger partial charge in [-0.05, 0) is 27.7 Å². The largest absolute Gasteiger partial charge is 0.373 e. The first kappa shape index (κ1) is 21.1. The molecule has 2 atom stereocenters. The first-order valence-electron chi connectivity index (χ1n) is 9.41. The van der Waals surface area contributed by atoms with E-state index < -0.39 is 15.1 Å². The number of aryl methyl sites for hydroxylation is 1. The molecule has 0 amide bonds. The second-order valence-electron chi connectivity index (χ2n) is 7.52. The van der Waals surface area contributed by atoms with Gasteiger partial charge < -0.3 is 4.74 Å². The summed E-state index contributed by atoms with van der Waals surface area (Å²) in [4.78, 5) is 12.8. The molecule has 0 bridgehead atoms. The molecule has 0 saturated carbocycles. The molecule has 2 saturated heterocycles. The van der Waals surface area contributed by atoms with Crippen molar-refractivity contribution in [3.63, 3.8) is 0 Å². The number of aromatic nitrogens is 2. The maximum atomic E-state index is 13.0. The third kappa shape index (κ3) is 4.20. The van der Waals surface area contributed by atoms with E-state index in [1.54, 1.807) is 18.5 Å². The fourth-order valence-electron chi connectivity index (χ4n) is 3.86. The molecule has 0 radical (unpaired) electrons. The van der Waals surface area contributed by atoms with Crippen LogP contribution in [-0.4, -0.2) is 88.1 Å². The predicted molar refractivity (Wildman–Crippen MR) is 102 cm³/mol. The Balaban J connectivity index is 1.62. The lowest BCUT2D eigenvalue weighted by atomic mass is 10.3. The van der Waals surface area contributed by atoms with Crippen LogP contribution >= 0.6 is 0 Å². The fourth-order valence-corrected chi connectivity index (χ4v) is 5.61. The second kappa shape index (κ2) is 8.03. The van der Waals surface area contributed by atoms with Crippen LogP contribution in [0.4, 0.5) is 5.69 Å². The molecule has 3 rings (SSSR count). The third-order valence-electron chi connectivity index (χ3n) is 5.23. The van der Waals surface area contributed by atoms with Crippen molar-refractivity contribution in [3.05, 3.63) is 21.5 Å². The van der Waals surface area contributed by atoms with Crippen molar-refractivity contribution in [1.82, 2.24) is 23.3 Å². The number of hydrogen-bond acceptors (Lipinski definition) is 7. The minimum Gasteiger partial charge on any atom is -0.373 e. The van der Waals surface area contributed by atoms with Crippen LogP contribution in [0.3, 0.4) is 0 Å². The van der Waals surface area contributed by atoms with E-state index in [2.05, 4.69) is 10.00 Å². The lowest BCUT2D eigenvalue weighted by Gasteiger charge is -2.40. The van der Waals surface area contributed by atoms with Crippen LogP contribution in [0.25, 0.3) is 0 Å². The van der Waals surface area contributed by atoms with Gasteiger partial charge in [0.1, 0.15) is 11.4 Å². The van der Waals surface area contributed by atoms with Crippen LogP contribution in [0.15, 0.2) is 0 Å². The summed E-state index contributed by atoms with van der Waals surface area (Å²) < 4.78 is 36.2. The molecule has 1 aromatic heterocycles. The van der Waals surface area contributed by atoms with Gasteiger partial charge in [0.15, 0.2) is 0 Å². The van der Waals surface area contributed by atoms with Crippen molar-refractivity contribution < 1.29 is 18.1 Å². The summed E-state index contributed by atoms with van der Waals surface area (Å²) in [7, 11) is -3.52. The molecule has 11 nitrogen and oxygen atoms in total. The van der Waals surface area contributed by atoms with Gasteiger partial charge in [-0.15, -0.1) is 0 Å². The van der Waals surface area contributed by atoms with Crippen LogP contribution in [-0.2, 0) is 21.6 Å².